The molecule has 0 spiro atoms. The van der Waals surface area contributed by atoms with Crippen molar-refractivity contribution in [3.63, 3.8) is 0 Å². The third-order valence-electron chi connectivity index (χ3n) is 10.8. The highest BCUT2D eigenvalue weighted by Gasteiger charge is 2.51. The lowest BCUT2D eigenvalue weighted by Crippen LogP contribution is -2.59. The van der Waals surface area contributed by atoms with Crippen molar-refractivity contribution in [1.82, 2.24) is 14.7 Å². The van der Waals surface area contributed by atoms with Gasteiger partial charge in [0.1, 0.15) is 18.1 Å². The Labute approximate surface area is 267 Å². The predicted molar refractivity (Wildman–Crippen MR) is 171 cm³/mol. The average molecular weight is 626 g/mol. The number of nitrogens with zero attached hydrogens (tertiary/aromatic N) is 3. The third kappa shape index (κ3) is 8.41. The molecule has 0 aromatic carbocycles. The van der Waals surface area contributed by atoms with Gasteiger partial charge in [-0.15, -0.1) is 0 Å². The van der Waals surface area contributed by atoms with E-state index in [0.717, 1.165) is 32.5 Å². The molecule has 44 heavy (non-hydrogen) atoms. The van der Waals surface area contributed by atoms with E-state index in [1.807, 2.05) is 32.8 Å². The molecular formula is C34H63N3O7. The summed E-state index contributed by atoms with van der Waals surface area (Å²) < 4.78 is 25.1. The minimum Gasteiger partial charge on any atom is -0.463 e. The standard InChI is InChI=1S/C34H63N3O7/c1-21(2)37-15-13-25(14-16-37)27-20-42-32(40)33(6,7)29(39)24(5)30(34(8,41-12)18-22(3)19-36(27)11)44-31-28(38)26(35(9)10)17-23(4)43-31/h21-28,30-31,38H,13-20H2,1-12H3/t22-,23-,24+,26+,27?,28-,30-,31+,34-/m1/s1. The van der Waals surface area contributed by atoms with Crippen LogP contribution in [0.3, 0.4) is 0 Å². The Kier molecular flexibility index (Phi) is 12.9. The first-order valence-electron chi connectivity index (χ1n) is 16.8. The van der Waals surface area contributed by atoms with Crippen LogP contribution in [0.1, 0.15) is 81.1 Å². The maximum atomic E-state index is 14.2. The fraction of sp³-hybridized carbons (Fsp3) is 0.941. The van der Waals surface area contributed by atoms with Crippen molar-refractivity contribution >= 4 is 11.8 Å². The molecule has 3 heterocycles. The average Bonchev–Trinajstić information content (AvgIpc) is 2.95. The minimum atomic E-state index is -1.40. The number of cyclic esters (lactones) is 1. The summed E-state index contributed by atoms with van der Waals surface area (Å²) in [5.41, 5.74) is -2.30. The van der Waals surface area contributed by atoms with Gasteiger partial charge in [0, 0.05) is 37.7 Å². The van der Waals surface area contributed by atoms with E-state index in [1.165, 1.54) is 0 Å². The van der Waals surface area contributed by atoms with Crippen LogP contribution >= 0.6 is 0 Å². The molecule has 0 radical (unpaired) electrons. The smallest absolute Gasteiger partial charge is 0.319 e. The maximum Gasteiger partial charge on any atom is 0.319 e. The zero-order valence-electron chi connectivity index (χ0n) is 29.7. The summed E-state index contributed by atoms with van der Waals surface area (Å²) in [5.74, 6) is -0.977. The van der Waals surface area contributed by atoms with Crippen molar-refractivity contribution in [2.45, 2.75) is 129 Å². The third-order valence-corrected chi connectivity index (χ3v) is 10.8. The van der Waals surface area contributed by atoms with Crippen LogP contribution in [-0.2, 0) is 28.5 Å². The number of likely N-dealkylation sites (N-methyl/N-ethyl adjacent to an activating group) is 2. The molecule has 1 N–H and O–H groups in total. The SMILES string of the molecule is CO[C@]1(C)C[C@@H](C)CN(C)C(C2CCN(C(C)C)CC2)COC(=O)C(C)(C)C(=O)[C@H](C)[C@H]1O[C@@H]1O[C@H](C)C[C@H](N(C)C)[C@H]1O. The predicted octanol–water partition coefficient (Wildman–Crippen LogP) is 3.44. The van der Waals surface area contributed by atoms with E-state index in [9.17, 15) is 14.7 Å². The number of hydrogen-bond acceptors (Lipinski definition) is 10. The molecular weight excluding hydrogens is 562 g/mol. The summed E-state index contributed by atoms with van der Waals surface area (Å²) in [6.45, 7) is 18.8. The summed E-state index contributed by atoms with van der Waals surface area (Å²) in [6.07, 6.45) is 0.552. The van der Waals surface area contributed by atoms with E-state index < -0.39 is 41.4 Å². The van der Waals surface area contributed by atoms with Gasteiger partial charge >= 0.3 is 5.97 Å². The number of ketones is 1. The zero-order valence-corrected chi connectivity index (χ0v) is 29.7. The summed E-state index contributed by atoms with van der Waals surface area (Å²) in [7, 11) is 7.63. The molecule has 3 rings (SSSR count). The van der Waals surface area contributed by atoms with Crippen molar-refractivity contribution in [3.8, 4) is 0 Å². The molecule has 10 heteroatoms. The number of likely N-dealkylation sites (tertiary alicyclic amines) is 1. The molecule has 0 amide bonds. The van der Waals surface area contributed by atoms with Crippen LogP contribution in [0.15, 0.2) is 0 Å². The summed E-state index contributed by atoms with van der Waals surface area (Å²) >= 11 is 0. The van der Waals surface area contributed by atoms with Crippen LogP contribution in [-0.4, -0.2) is 134 Å². The van der Waals surface area contributed by atoms with Crippen molar-refractivity contribution in [3.05, 3.63) is 0 Å². The number of rotatable bonds is 6. The van der Waals surface area contributed by atoms with Crippen LogP contribution in [0.5, 0.6) is 0 Å². The van der Waals surface area contributed by atoms with Crippen molar-refractivity contribution < 1.29 is 33.6 Å². The highest BCUT2D eigenvalue weighted by atomic mass is 16.7. The molecule has 3 aliphatic rings. The molecule has 0 aromatic rings. The molecule has 0 aromatic heterocycles. The largest absolute Gasteiger partial charge is 0.463 e. The van der Waals surface area contributed by atoms with Crippen molar-refractivity contribution in [2.24, 2.45) is 23.2 Å². The first kappa shape index (κ1) is 37.3. The van der Waals surface area contributed by atoms with Crippen LogP contribution in [0.2, 0.25) is 0 Å². The number of ether oxygens (including phenoxy) is 4. The van der Waals surface area contributed by atoms with Crippen LogP contribution < -0.4 is 0 Å². The highest BCUT2D eigenvalue weighted by molar-refractivity contribution is 6.04. The number of methoxy groups -OCH3 is 1. The molecule has 3 fully saturated rings. The number of esters is 1. The van der Waals surface area contributed by atoms with Gasteiger partial charge < -0.3 is 33.9 Å². The summed E-state index contributed by atoms with van der Waals surface area (Å²) in [4.78, 5) is 34.7. The second-order valence-corrected chi connectivity index (χ2v) is 15.3. The van der Waals surface area contributed by atoms with E-state index in [4.69, 9.17) is 18.9 Å². The van der Waals surface area contributed by atoms with E-state index in [2.05, 4.69) is 37.6 Å². The molecule has 0 bridgehead atoms. The lowest BCUT2D eigenvalue weighted by molar-refractivity contribution is -0.295. The second kappa shape index (κ2) is 15.2. The normalized spacial score (nSPS) is 39.5. The van der Waals surface area contributed by atoms with Crippen LogP contribution in [0.4, 0.5) is 0 Å². The molecule has 9 atom stereocenters. The van der Waals surface area contributed by atoms with Gasteiger partial charge in [-0.3, -0.25) is 14.5 Å². The quantitative estimate of drug-likeness (QED) is 0.349. The Hall–Kier alpha value is -1.14. The fourth-order valence-electron chi connectivity index (χ4n) is 7.88. The van der Waals surface area contributed by atoms with E-state index in [1.54, 1.807) is 27.9 Å². The monoisotopic (exact) mass is 625 g/mol. The highest BCUT2D eigenvalue weighted by Crippen LogP contribution is 2.38. The molecule has 0 saturated carbocycles. The number of aliphatic hydroxyl groups excluding tert-OH is 1. The Morgan fingerprint density at radius 2 is 1.68 bits per heavy atom. The lowest BCUT2D eigenvalue weighted by atomic mass is 9.74. The molecule has 0 aliphatic carbocycles. The Balaban J connectivity index is 1.96. The molecule has 1 unspecified atom stereocenters. The van der Waals surface area contributed by atoms with Crippen molar-refractivity contribution in [1.29, 1.82) is 0 Å². The lowest BCUT2D eigenvalue weighted by Gasteiger charge is -2.47. The molecule has 3 saturated heterocycles. The van der Waals surface area contributed by atoms with Gasteiger partial charge in [-0.2, -0.15) is 0 Å². The molecule has 256 valence electrons. The van der Waals surface area contributed by atoms with Gasteiger partial charge in [0.25, 0.3) is 0 Å². The summed E-state index contributed by atoms with van der Waals surface area (Å²) in [5, 5.41) is 11.3. The van der Waals surface area contributed by atoms with E-state index in [-0.39, 0.29) is 36.5 Å². The first-order valence-corrected chi connectivity index (χ1v) is 16.8. The van der Waals surface area contributed by atoms with Gasteiger partial charge in [0.05, 0.1) is 17.8 Å². The first-order chi connectivity index (χ1) is 20.4. The summed E-state index contributed by atoms with van der Waals surface area (Å²) in [6, 6.07) is 0.400. The second-order valence-electron chi connectivity index (χ2n) is 15.3. The Morgan fingerprint density at radius 1 is 1.07 bits per heavy atom. The maximum absolute atomic E-state index is 14.2. The number of hydrogen-bond donors (Lipinski definition) is 1. The number of carbonyl (C=O) groups excluding carboxylic acids is 2. The number of piperidine rings is 1. The topological polar surface area (TPSA) is 101 Å². The number of carbonyl (C=O) groups is 2. The van der Waals surface area contributed by atoms with E-state index in [0.29, 0.717) is 24.8 Å². The van der Waals surface area contributed by atoms with Gasteiger partial charge in [-0.1, -0.05) is 13.8 Å². The number of aliphatic hydroxyl groups is 1. The van der Waals surface area contributed by atoms with Crippen LogP contribution in [0, 0.1) is 23.2 Å². The molecule has 3 aliphatic heterocycles. The van der Waals surface area contributed by atoms with Gasteiger partial charge in [0.15, 0.2) is 12.1 Å². The van der Waals surface area contributed by atoms with Gasteiger partial charge in [-0.25, -0.2) is 0 Å². The minimum absolute atomic E-state index is 0.0517. The van der Waals surface area contributed by atoms with E-state index >= 15 is 0 Å². The zero-order chi connectivity index (χ0) is 33.1. The molecule has 10 nitrogen and oxygen atoms in total. The number of Topliss-reactive ketones (excluding diaryl/α,β-unsaturated/α-hetero) is 1. The fourth-order valence-corrected chi connectivity index (χ4v) is 7.88. The van der Waals surface area contributed by atoms with Crippen LogP contribution in [0.25, 0.3) is 0 Å². The van der Waals surface area contributed by atoms with Gasteiger partial charge in [-0.05, 0) is 113 Å². The van der Waals surface area contributed by atoms with Gasteiger partial charge in [0.2, 0.25) is 0 Å². The Morgan fingerprint density at radius 3 is 2.23 bits per heavy atom. The Bertz CT molecular complexity index is 953. The van der Waals surface area contributed by atoms with Crippen molar-refractivity contribution in [2.75, 3.05) is 54.5 Å².